The number of para-hydroxylation sites is 1. The van der Waals surface area contributed by atoms with Gasteiger partial charge in [-0.3, -0.25) is 4.90 Å². The van der Waals surface area contributed by atoms with E-state index in [4.69, 9.17) is 9.72 Å². The topological polar surface area (TPSA) is 61.7 Å². The van der Waals surface area contributed by atoms with Crippen molar-refractivity contribution in [2.45, 2.75) is 25.8 Å². The quantitative estimate of drug-likeness (QED) is 0.914. The molecule has 1 atom stereocenters. The van der Waals surface area contributed by atoms with E-state index in [0.717, 1.165) is 57.3 Å². The number of aromatic nitrogens is 2. The van der Waals surface area contributed by atoms with Gasteiger partial charge in [0.25, 0.3) is 0 Å². The molecule has 2 fully saturated rings. The first kappa shape index (κ1) is 17.2. The summed E-state index contributed by atoms with van der Waals surface area (Å²) in [6, 6.07) is 9.85. The van der Waals surface area contributed by atoms with Crippen LogP contribution in [0.15, 0.2) is 30.3 Å². The molecule has 0 amide bonds. The minimum atomic E-state index is 0.217. The van der Waals surface area contributed by atoms with Gasteiger partial charge in [0.1, 0.15) is 11.6 Å². The highest BCUT2D eigenvalue weighted by molar-refractivity contribution is 5.65. The molecular formula is C20H26N4O2. The molecule has 1 aromatic heterocycles. The number of hydrogen-bond acceptors (Lipinski definition) is 6. The van der Waals surface area contributed by atoms with E-state index in [-0.39, 0.29) is 5.75 Å². The second-order valence-corrected chi connectivity index (χ2v) is 7.10. The van der Waals surface area contributed by atoms with Gasteiger partial charge in [-0.15, -0.1) is 0 Å². The van der Waals surface area contributed by atoms with Crippen LogP contribution in [0, 0.1) is 6.92 Å². The van der Waals surface area contributed by atoms with E-state index in [1.54, 1.807) is 6.07 Å². The zero-order chi connectivity index (χ0) is 17.9. The molecule has 0 bridgehead atoms. The Balaban J connectivity index is 1.58. The Morgan fingerprint density at radius 3 is 2.73 bits per heavy atom. The Labute approximate surface area is 154 Å². The number of benzene rings is 1. The van der Waals surface area contributed by atoms with E-state index >= 15 is 0 Å². The lowest BCUT2D eigenvalue weighted by molar-refractivity contribution is 0.0137. The van der Waals surface area contributed by atoms with Crippen LogP contribution in [0.5, 0.6) is 5.75 Å². The van der Waals surface area contributed by atoms with Crippen LogP contribution < -0.4 is 4.90 Å². The SMILES string of the molecule is Cc1cc(N2CCC[C@H](N3CCOCC3)C2)nc(-c2ccccc2O)n1. The first-order chi connectivity index (χ1) is 12.7. The van der Waals surface area contributed by atoms with Crippen LogP contribution in [0.25, 0.3) is 11.4 Å². The molecule has 2 aliphatic rings. The van der Waals surface area contributed by atoms with Gasteiger partial charge in [0, 0.05) is 44.0 Å². The maximum atomic E-state index is 10.2. The Hall–Kier alpha value is -2.18. The van der Waals surface area contributed by atoms with Gasteiger partial charge in [-0.25, -0.2) is 9.97 Å². The molecule has 6 heteroatoms. The summed E-state index contributed by atoms with van der Waals surface area (Å²) in [7, 11) is 0. The van der Waals surface area contributed by atoms with Crippen LogP contribution in [-0.4, -0.2) is 65.4 Å². The van der Waals surface area contributed by atoms with Crippen molar-refractivity contribution in [2.24, 2.45) is 0 Å². The zero-order valence-electron chi connectivity index (χ0n) is 15.3. The molecule has 4 rings (SSSR count). The highest BCUT2D eigenvalue weighted by atomic mass is 16.5. The standard InChI is InChI=1S/C20H26N4O2/c1-15-13-19(22-20(21-15)17-6-2-3-7-18(17)25)24-8-4-5-16(14-24)23-9-11-26-12-10-23/h2-3,6-7,13,16,25H,4-5,8-12,14H2,1H3/t16-/m0/s1. The minimum absolute atomic E-state index is 0.217. The molecule has 1 aromatic carbocycles. The summed E-state index contributed by atoms with van der Waals surface area (Å²) in [4.78, 5) is 14.2. The molecular weight excluding hydrogens is 328 g/mol. The number of ether oxygens (including phenoxy) is 1. The molecule has 26 heavy (non-hydrogen) atoms. The number of aryl methyl sites for hydroxylation is 1. The fourth-order valence-corrected chi connectivity index (χ4v) is 3.90. The van der Waals surface area contributed by atoms with Gasteiger partial charge in [-0.05, 0) is 31.9 Å². The fourth-order valence-electron chi connectivity index (χ4n) is 3.90. The van der Waals surface area contributed by atoms with E-state index in [9.17, 15) is 5.11 Å². The summed E-state index contributed by atoms with van der Waals surface area (Å²) < 4.78 is 5.49. The third-order valence-corrected chi connectivity index (χ3v) is 5.27. The van der Waals surface area contributed by atoms with Crippen molar-refractivity contribution in [3.63, 3.8) is 0 Å². The maximum absolute atomic E-state index is 10.2. The molecule has 2 aliphatic heterocycles. The van der Waals surface area contributed by atoms with Crippen molar-refractivity contribution in [1.82, 2.24) is 14.9 Å². The molecule has 1 N–H and O–H groups in total. The number of hydrogen-bond donors (Lipinski definition) is 1. The van der Waals surface area contributed by atoms with Gasteiger partial charge < -0.3 is 14.7 Å². The Kier molecular flexibility index (Phi) is 5.04. The van der Waals surface area contributed by atoms with Gasteiger partial charge >= 0.3 is 0 Å². The van der Waals surface area contributed by atoms with E-state index in [0.29, 0.717) is 17.4 Å². The van der Waals surface area contributed by atoms with E-state index < -0.39 is 0 Å². The average molecular weight is 354 g/mol. The number of aromatic hydroxyl groups is 1. The van der Waals surface area contributed by atoms with E-state index in [1.165, 1.54) is 6.42 Å². The highest BCUT2D eigenvalue weighted by Crippen LogP contribution is 2.29. The van der Waals surface area contributed by atoms with Crippen LogP contribution in [0.4, 0.5) is 5.82 Å². The highest BCUT2D eigenvalue weighted by Gasteiger charge is 2.27. The largest absolute Gasteiger partial charge is 0.507 e. The summed E-state index contributed by atoms with van der Waals surface area (Å²) >= 11 is 0. The number of phenolic OH excluding ortho intramolecular Hbond substituents is 1. The van der Waals surface area contributed by atoms with Crippen molar-refractivity contribution in [3.8, 4) is 17.1 Å². The van der Waals surface area contributed by atoms with Gasteiger partial charge in [0.15, 0.2) is 5.82 Å². The zero-order valence-corrected chi connectivity index (χ0v) is 15.3. The molecule has 0 saturated carbocycles. The summed E-state index contributed by atoms with van der Waals surface area (Å²) in [5.41, 5.74) is 1.60. The first-order valence-electron chi connectivity index (χ1n) is 9.41. The molecule has 138 valence electrons. The van der Waals surface area contributed by atoms with Crippen molar-refractivity contribution < 1.29 is 9.84 Å². The molecule has 3 heterocycles. The lowest BCUT2D eigenvalue weighted by atomic mass is 10.0. The van der Waals surface area contributed by atoms with Crippen LogP contribution in [-0.2, 0) is 4.74 Å². The number of nitrogens with zero attached hydrogens (tertiary/aromatic N) is 4. The number of morpholine rings is 1. The van der Waals surface area contributed by atoms with Gasteiger partial charge in [-0.2, -0.15) is 0 Å². The van der Waals surface area contributed by atoms with Crippen LogP contribution in [0.1, 0.15) is 18.5 Å². The average Bonchev–Trinajstić information content (AvgIpc) is 2.69. The Bertz CT molecular complexity index is 761. The lowest BCUT2D eigenvalue weighted by Crippen LogP contribution is -2.51. The van der Waals surface area contributed by atoms with E-state index in [2.05, 4.69) is 14.8 Å². The summed E-state index contributed by atoms with van der Waals surface area (Å²) in [6.45, 7) is 7.68. The predicted octanol–water partition coefficient (Wildman–Crippen LogP) is 2.46. The summed E-state index contributed by atoms with van der Waals surface area (Å²) in [6.07, 6.45) is 2.39. The van der Waals surface area contributed by atoms with Crippen molar-refractivity contribution in [2.75, 3.05) is 44.3 Å². The maximum Gasteiger partial charge on any atom is 0.165 e. The second-order valence-electron chi connectivity index (χ2n) is 7.10. The predicted molar refractivity (Wildman–Crippen MR) is 101 cm³/mol. The van der Waals surface area contributed by atoms with E-state index in [1.807, 2.05) is 31.2 Å². The van der Waals surface area contributed by atoms with Gasteiger partial charge in [0.05, 0.1) is 18.8 Å². The van der Waals surface area contributed by atoms with Crippen LogP contribution in [0.2, 0.25) is 0 Å². The number of piperidine rings is 1. The summed E-state index contributed by atoms with van der Waals surface area (Å²) in [5, 5.41) is 10.2. The second kappa shape index (κ2) is 7.60. The first-order valence-corrected chi connectivity index (χ1v) is 9.41. The third kappa shape index (κ3) is 3.66. The number of rotatable bonds is 3. The molecule has 0 unspecified atom stereocenters. The van der Waals surface area contributed by atoms with Crippen molar-refractivity contribution in [1.29, 1.82) is 0 Å². The van der Waals surface area contributed by atoms with Crippen molar-refractivity contribution >= 4 is 5.82 Å². The molecule has 0 spiro atoms. The normalized spacial score (nSPS) is 21.7. The molecule has 0 aliphatic carbocycles. The molecule has 2 saturated heterocycles. The van der Waals surface area contributed by atoms with Crippen LogP contribution >= 0.6 is 0 Å². The fraction of sp³-hybridized carbons (Fsp3) is 0.500. The van der Waals surface area contributed by atoms with Crippen LogP contribution in [0.3, 0.4) is 0 Å². The number of anilines is 1. The number of phenols is 1. The molecule has 6 nitrogen and oxygen atoms in total. The third-order valence-electron chi connectivity index (χ3n) is 5.27. The molecule has 2 aromatic rings. The molecule has 0 radical (unpaired) electrons. The lowest BCUT2D eigenvalue weighted by Gasteiger charge is -2.41. The smallest absolute Gasteiger partial charge is 0.165 e. The minimum Gasteiger partial charge on any atom is -0.507 e. The van der Waals surface area contributed by atoms with Crippen molar-refractivity contribution in [3.05, 3.63) is 36.0 Å². The van der Waals surface area contributed by atoms with Gasteiger partial charge in [-0.1, -0.05) is 12.1 Å². The Morgan fingerprint density at radius 1 is 1.12 bits per heavy atom. The Morgan fingerprint density at radius 2 is 1.92 bits per heavy atom. The monoisotopic (exact) mass is 354 g/mol. The van der Waals surface area contributed by atoms with Gasteiger partial charge in [0.2, 0.25) is 0 Å². The summed E-state index contributed by atoms with van der Waals surface area (Å²) in [5.74, 6) is 1.76.